The SMILES string of the molecule is CCc1nc(C=O)n(C)c1C(=O)NC1CN(C(=O)OC(C)(C)C)C1. The summed E-state index contributed by atoms with van der Waals surface area (Å²) in [5.41, 5.74) is 0.428. The van der Waals surface area contributed by atoms with Crippen molar-refractivity contribution in [1.29, 1.82) is 0 Å². The van der Waals surface area contributed by atoms with Crippen molar-refractivity contribution >= 4 is 18.3 Å². The van der Waals surface area contributed by atoms with Gasteiger partial charge in [0, 0.05) is 20.1 Å². The highest BCUT2D eigenvalue weighted by atomic mass is 16.6. The maximum Gasteiger partial charge on any atom is 0.410 e. The number of amides is 2. The molecule has 1 N–H and O–H groups in total. The molecular weight excluding hydrogens is 312 g/mol. The van der Waals surface area contributed by atoms with Crippen molar-refractivity contribution in [3.05, 3.63) is 17.2 Å². The van der Waals surface area contributed by atoms with Crippen LogP contribution in [0.1, 0.15) is 54.5 Å². The van der Waals surface area contributed by atoms with E-state index in [-0.39, 0.29) is 23.9 Å². The number of rotatable bonds is 4. The van der Waals surface area contributed by atoms with Gasteiger partial charge in [-0.2, -0.15) is 0 Å². The highest BCUT2D eigenvalue weighted by Crippen LogP contribution is 2.16. The first-order chi connectivity index (χ1) is 11.2. The molecule has 8 nitrogen and oxygen atoms in total. The lowest BCUT2D eigenvalue weighted by Crippen LogP contribution is -2.61. The molecule has 0 unspecified atom stereocenters. The molecule has 1 aliphatic rings. The Morgan fingerprint density at radius 3 is 2.50 bits per heavy atom. The van der Waals surface area contributed by atoms with Crippen molar-refractivity contribution < 1.29 is 19.1 Å². The number of likely N-dealkylation sites (tertiary alicyclic amines) is 1. The number of carbonyl (C=O) groups is 3. The number of nitrogens with one attached hydrogen (secondary N) is 1. The number of ether oxygens (including phenoxy) is 1. The van der Waals surface area contributed by atoms with E-state index in [0.717, 1.165) is 0 Å². The molecule has 0 spiro atoms. The van der Waals surface area contributed by atoms with Gasteiger partial charge in [0.05, 0.1) is 11.7 Å². The molecule has 8 heteroatoms. The number of aromatic nitrogens is 2. The third-order valence-electron chi connectivity index (χ3n) is 3.73. The summed E-state index contributed by atoms with van der Waals surface area (Å²) < 4.78 is 6.77. The zero-order chi connectivity index (χ0) is 18.1. The smallest absolute Gasteiger partial charge is 0.410 e. The minimum Gasteiger partial charge on any atom is -0.444 e. The van der Waals surface area contributed by atoms with Gasteiger partial charge in [-0.25, -0.2) is 9.78 Å². The fraction of sp³-hybridized carbons (Fsp3) is 0.625. The predicted molar refractivity (Wildman–Crippen MR) is 87.0 cm³/mol. The molecule has 2 heterocycles. The molecule has 1 aliphatic heterocycles. The lowest BCUT2D eigenvalue weighted by atomic mass is 10.1. The lowest BCUT2D eigenvalue weighted by Gasteiger charge is -2.39. The van der Waals surface area contributed by atoms with Crippen LogP contribution in [0.4, 0.5) is 4.79 Å². The minimum atomic E-state index is -0.540. The number of aryl methyl sites for hydroxylation is 1. The van der Waals surface area contributed by atoms with Gasteiger partial charge >= 0.3 is 6.09 Å². The van der Waals surface area contributed by atoms with Crippen LogP contribution in [-0.4, -0.2) is 57.5 Å². The Morgan fingerprint density at radius 1 is 1.38 bits per heavy atom. The Labute approximate surface area is 141 Å². The number of imidazole rings is 1. The molecule has 0 radical (unpaired) electrons. The van der Waals surface area contributed by atoms with Crippen LogP contribution in [0.25, 0.3) is 0 Å². The first-order valence-corrected chi connectivity index (χ1v) is 7.95. The second-order valence-electron chi connectivity index (χ2n) is 6.85. The lowest BCUT2D eigenvalue weighted by molar-refractivity contribution is 0.00528. The second kappa shape index (κ2) is 6.62. The monoisotopic (exact) mass is 336 g/mol. The number of nitrogens with zero attached hydrogens (tertiary/aromatic N) is 3. The van der Waals surface area contributed by atoms with Gasteiger partial charge in [0.1, 0.15) is 11.3 Å². The standard InChI is InChI=1S/C16H24N4O4/c1-6-11-13(19(5)12(9-21)18-11)14(22)17-10-7-20(8-10)15(23)24-16(2,3)4/h9-10H,6-8H2,1-5H3,(H,17,22). The molecule has 1 aromatic rings. The number of aldehydes is 1. The molecule has 2 rings (SSSR count). The van der Waals surface area contributed by atoms with E-state index in [1.165, 1.54) is 9.47 Å². The van der Waals surface area contributed by atoms with E-state index in [4.69, 9.17) is 4.74 Å². The Morgan fingerprint density at radius 2 is 2.00 bits per heavy atom. The van der Waals surface area contributed by atoms with E-state index in [9.17, 15) is 14.4 Å². The predicted octanol–water partition coefficient (Wildman–Crippen LogP) is 1.14. The Balaban J connectivity index is 1.95. The molecule has 0 bridgehead atoms. The van der Waals surface area contributed by atoms with Crippen molar-refractivity contribution in [2.45, 2.75) is 45.8 Å². The summed E-state index contributed by atoms with van der Waals surface area (Å²) in [6, 6.07) is -0.135. The molecule has 0 aromatic carbocycles. The highest BCUT2D eigenvalue weighted by Gasteiger charge is 2.35. The summed E-state index contributed by atoms with van der Waals surface area (Å²) in [4.78, 5) is 41.0. The minimum absolute atomic E-state index is 0.135. The Bertz CT molecular complexity index is 654. The number of carbonyl (C=O) groups excluding carboxylic acids is 3. The first kappa shape index (κ1) is 18.0. The van der Waals surface area contributed by atoms with Crippen LogP contribution in [0.5, 0.6) is 0 Å². The average molecular weight is 336 g/mol. The van der Waals surface area contributed by atoms with Gasteiger partial charge in [0.25, 0.3) is 5.91 Å². The van der Waals surface area contributed by atoms with E-state index < -0.39 is 5.60 Å². The molecule has 0 atom stereocenters. The highest BCUT2D eigenvalue weighted by molar-refractivity contribution is 5.95. The zero-order valence-electron chi connectivity index (χ0n) is 14.8. The van der Waals surface area contributed by atoms with E-state index in [1.54, 1.807) is 7.05 Å². The third kappa shape index (κ3) is 3.74. The van der Waals surface area contributed by atoms with Crippen LogP contribution in [0.2, 0.25) is 0 Å². The average Bonchev–Trinajstić information content (AvgIpc) is 2.76. The van der Waals surface area contributed by atoms with Crippen molar-refractivity contribution in [2.24, 2.45) is 7.05 Å². The molecule has 132 valence electrons. The van der Waals surface area contributed by atoms with Crippen LogP contribution in [0.15, 0.2) is 0 Å². The van der Waals surface area contributed by atoms with Crippen molar-refractivity contribution in [3.8, 4) is 0 Å². The second-order valence-corrected chi connectivity index (χ2v) is 6.85. The third-order valence-corrected chi connectivity index (χ3v) is 3.73. The topological polar surface area (TPSA) is 93.5 Å². The zero-order valence-corrected chi connectivity index (χ0v) is 14.8. The summed E-state index contributed by atoms with van der Waals surface area (Å²) >= 11 is 0. The largest absolute Gasteiger partial charge is 0.444 e. The van der Waals surface area contributed by atoms with Crippen LogP contribution in [-0.2, 0) is 18.2 Å². The summed E-state index contributed by atoms with van der Waals surface area (Å²) in [5.74, 6) is -0.0650. The summed E-state index contributed by atoms with van der Waals surface area (Å²) in [7, 11) is 1.64. The van der Waals surface area contributed by atoms with Gasteiger partial charge in [-0.1, -0.05) is 6.92 Å². The van der Waals surface area contributed by atoms with Crippen LogP contribution in [0.3, 0.4) is 0 Å². The molecule has 1 aromatic heterocycles. The van der Waals surface area contributed by atoms with Gasteiger partial charge in [0.15, 0.2) is 12.1 Å². The van der Waals surface area contributed by atoms with E-state index in [2.05, 4.69) is 10.3 Å². The Hall–Kier alpha value is -2.38. The molecule has 24 heavy (non-hydrogen) atoms. The van der Waals surface area contributed by atoms with E-state index in [0.29, 0.717) is 37.2 Å². The summed E-state index contributed by atoms with van der Waals surface area (Å²) in [5, 5.41) is 2.87. The maximum absolute atomic E-state index is 12.5. The fourth-order valence-corrected chi connectivity index (χ4v) is 2.51. The molecule has 1 fully saturated rings. The normalized spacial score (nSPS) is 15.0. The molecule has 0 aliphatic carbocycles. The number of hydrogen-bond acceptors (Lipinski definition) is 5. The molecule has 0 saturated carbocycles. The number of hydrogen-bond donors (Lipinski definition) is 1. The van der Waals surface area contributed by atoms with Crippen LogP contribution < -0.4 is 5.32 Å². The van der Waals surface area contributed by atoms with Gasteiger partial charge in [-0.3, -0.25) is 9.59 Å². The Kier molecular flexibility index (Phi) is 4.96. The first-order valence-electron chi connectivity index (χ1n) is 7.95. The van der Waals surface area contributed by atoms with Gasteiger partial charge in [-0.15, -0.1) is 0 Å². The fourth-order valence-electron chi connectivity index (χ4n) is 2.51. The van der Waals surface area contributed by atoms with Gasteiger partial charge in [0.2, 0.25) is 0 Å². The maximum atomic E-state index is 12.5. The van der Waals surface area contributed by atoms with Gasteiger partial charge in [-0.05, 0) is 27.2 Å². The van der Waals surface area contributed by atoms with Crippen molar-refractivity contribution in [2.75, 3.05) is 13.1 Å². The van der Waals surface area contributed by atoms with Gasteiger partial charge < -0.3 is 19.5 Å². The molecule has 1 saturated heterocycles. The molecule has 2 amide bonds. The van der Waals surface area contributed by atoms with E-state index in [1.807, 2.05) is 27.7 Å². The van der Waals surface area contributed by atoms with Crippen LogP contribution in [0, 0.1) is 0 Å². The summed E-state index contributed by atoms with van der Waals surface area (Å²) in [6.45, 7) is 8.11. The van der Waals surface area contributed by atoms with Crippen molar-refractivity contribution in [1.82, 2.24) is 19.8 Å². The quantitative estimate of drug-likeness (QED) is 0.832. The van der Waals surface area contributed by atoms with E-state index >= 15 is 0 Å². The van der Waals surface area contributed by atoms with Crippen molar-refractivity contribution in [3.63, 3.8) is 0 Å². The molecular formula is C16H24N4O4. The summed E-state index contributed by atoms with van der Waals surface area (Å²) in [6.07, 6.45) is 0.800. The van der Waals surface area contributed by atoms with Crippen LogP contribution >= 0.6 is 0 Å².